The van der Waals surface area contributed by atoms with Crippen molar-refractivity contribution in [3.05, 3.63) is 27.4 Å². The van der Waals surface area contributed by atoms with Crippen molar-refractivity contribution in [3.63, 3.8) is 0 Å². The quantitative estimate of drug-likeness (QED) is 0.773. The lowest BCUT2D eigenvalue weighted by molar-refractivity contribution is 0.0170. The van der Waals surface area contributed by atoms with E-state index in [0.29, 0.717) is 0 Å². The number of nitrogens with two attached hydrogens (primary N) is 1. The van der Waals surface area contributed by atoms with E-state index in [4.69, 9.17) is 17.3 Å². The SMILES string of the molecule is Cl.NCC(F)(F)CNS(=O)(=O)c1c(Cl)cc(F)cc1Br. The fourth-order valence-corrected chi connectivity index (χ4v) is 4.00. The van der Waals surface area contributed by atoms with E-state index in [0.717, 1.165) is 12.1 Å². The van der Waals surface area contributed by atoms with Crippen LogP contribution in [0.5, 0.6) is 0 Å². The van der Waals surface area contributed by atoms with Crippen molar-refractivity contribution in [1.29, 1.82) is 0 Å². The van der Waals surface area contributed by atoms with Crippen LogP contribution in [0, 0.1) is 5.82 Å². The topological polar surface area (TPSA) is 72.2 Å². The molecule has 3 N–H and O–H groups in total. The third kappa shape index (κ3) is 5.05. The van der Waals surface area contributed by atoms with Crippen molar-refractivity contribution in [1.82, 2.24) is 4.72 Å². The zero-order valence-electron chi connectivity index (χ0n) is 9.67. The molecule has 0 heterocycles. The van der Waals surface area contributed by atoms with Gasteiger partial charge in [0.1, 0.15) is 10.7 Å². The van der Waals surface area contributed by atoms with Gasteiger partial charge < -0.3 is 5.73 Å². The third-order valence-electron chi connectivity index (χ3n) is 2.05. The normalized spacial score (nSPS) is 12.1. The molecule has 0 fully saturated rings. The first-order valence-corrected chi connectivity index (χ1v) is 7.46. The minimum Gasteiger partial charge on any atom is -0.325 e. The van der Waals surface area contributed by atoms with Gasteiger partial charge in [0, 0.05) is 4.47 Å². The highest BCUT2D eigenvalue weighted by Crippen LogP contribution is 2.30. The second-order valence-corrected chi connectivity index (χ2v) is 6.55. The molecule has 0 spiro atoms. The van der Waals surface area contributed by atoms with Gasteiger partial charge in [-0.1, -0.05) is 11.6 Å². The molecule has 1 aromatic carbocycles. The fraction of sp³-hybridized carbons (Fsp3) is 0.333. The standard InChI is InChI=1S/C9H9BrClF3N2O2S.ClH/c10-6-1-5(12)2-7(11)8(6)19(17,18)16-4-9(13,14)3-15;/h1-2,16H,3-4,15H2;1H. The summed E-state index contributed by atoms with van der Waals surface area (Å²) >= 11 is 8.42. The van der Waals surface area contributed by atoms with Gasteiger partial charge in [-0.05, 0) is 28.1 Å². The minimum absolute atomic E-state index is 0. The van der Waals surface area contributed by atoms with Crippen LogP contribution in [0.15, 0.2) is 21.5 Å². The van der Waals surface area contributed by atoms with Gasteiger partial charge in [-0.25, -0.2) is 26.3 Å². The summed E-state index contributed by atoms with van der Waals surface area (Å²) in [6, 6.07) is 1.63. The zero-order valence-corrected chi connectivity index (χ0v) is 13.6. The summed E-state index contributed by atoms with van der Waals surface area (Å²) in [5.41, 5.74) is 4.78. The van der Waals surface area contributed by atoms with Crippen LogP contribution in [0.25, 0.3) is 0 Å². The van der Waals surface area contributed by atoms with Gasteiger partial charge in [0.15, 0.2) is 0 Å². The van der Waals surface area contributed by atoms with Gasteiger partial charge >= 0.3 is 0 Å². The summed E-state index contributed by atoms with van der Waals surface area (Å²) in [4.78, 5) is -0.511. The van der Waals surface area contributed by atoms with Crippen molar-refractivity contribution in [2.24, 2.45) is 5.73 Å². The highest BCUT2D eigenvalue weighted by molar-refractivity contribution is 9.10. The van der Waals surface area contributed by atoms with Gasteiger partial charge in [-0.3, -0.25) is 0 Å². The Balaban J connectivity index is 0.00000361. The number of alkyl halides is 2. The fourth-order valence-electron chi connectivity index (χ4n) is 1.13. The summed E-state index contributed by atoms with van der Waals surface area (Å²) in [5.74, 6) is -4.14. The summed E-state index contributed by atoms with van der Waals surface area (Å²) in [5, 5.41) is -0.421. The molecule has 0 radical (unpaired) electrons. The molecule has 0 aliphatic carbocycles. The molecule has 4 nitrogen and oxygen atoms in total. The Hall–Kier alpha value is -0.0600. The molecule has 0 amide bonds. The lowest BCUT2D eigenvalue weighted by atomic mass is 10.3. The molecule has 0 saturated heterocycles. The molecule has 20 heavy (non-hydrogen) atoms. The molecule has 0 aromatic heterocycles. The van der Waals surface area contributed by atoms with Gasteiger partial charge in [0.25, 0.3) is 5.92 Å². The van der Waals surface area contributed by atoms with Crippen LogP contribution in [0.2, 0.25) is 5.02 Å². The van der Waals surface area contributed by atoms with Gasteiger partial charge in [0.2, 0.25) is 10.0 Å². The van der Waals surface area contributed by atoms with Gasteiger partial charge in [0.05, 0.1) is 18.1 Å². The summed E-state index contributed by atoms with van der Waals surface area (Å²) in [6.07, 6.45) is 0. The van der Waals surface area contributed by atoms with E-state index >= 15 is 0 Å². The van der Waals surface area contributed by atoms with Crippen LogP contribution in [0.4, 0.5) is 13.2 Å². The lowest BCUT2D eigenvalue weighted by Crippen LogP contribution is -2.41. The largest absolute Gasteiger partial charge is 0.325 e. The maximum atomic E-state index is 13.0. The Bertz CT molecular complexity index is 564. The summed E-state index contributed by atoms with van der Waals surface area (Å²) in [7, 11) is -4.31. The van der Waals surface area contributed by atoms with Crippen molar-refractivity contribution < 1.29 is 21.6 Å². The number of sulfonamides is 1. The van der Waals surface area contributed by atoms with Crippen molar-refractivity contribution in [2.75, 3.05) is 13.1 Å². The van der Waals surface area contributed by atoms with E-state index in [9.17, 15) is 21.6 Å². The Morgan fingerprint density at radius 1 is 1.40 bits per heavy atom. The first-order chi connectivity index (χ1) is 8.59. The molecule has 0 aliphatic rings. The van der Waals surface area contributed by atoms with Crippen LogP contribution in [-0.2, 0) is 10.0 Å². The average molecular weight is 418 g/mol. The molecule has 11 heteroatoms. The second kappa shape index (κ2) is 7.28. The number of hydrogen-bond donors (Lipinski definition) is 2. The Kier molecular flexibility index (Phi) is 7.26. The molecule has 116 valence electrons. The molecule has 0 saturated carbocycles. The van der Waals surface area contributed by atoms with E-state index in [1.165, 1.54) is 0 Å². The van der Waals surface area contributed by atoms with Crippen molar-refractivity contribution in [2.45, 2.75) is 10.8 Å². The summed E-state index contributed by atoms with van der Waals surface area (Å²) < 4.78 is 63.9. The Morgan fingerprint density at radius 2 is 1.95 bits per heavy atom. The predicted octanol–water partition coefficient (Wildman–Crippen LogP) is 2.54. The molecular formula is C9H10BrCl2F3N2O2S. The van der Waals surface area contributed by atoms with E-state index in [1.807, 2.05) is 0 Å². The lowest BCUT2D eigenvalue weighted by Gasteiger charge is -2.16. The number of benzene rings is 1. The van der Waals surface area contributed by atoms with Crippen LogP contribution in [-0.4, -0.2) is 27.4 Å². The molecule has 1 rings (SSSR count). The monoisotopic (exact) mass is 416 g/mol. The van der Waals surface area contributed by atoms with Crippen molar-refractivity contribution in [3.8, 4) is 0 Å². The molecule has 0 atom stereocenters. The average Bonchev–Trinajstić information content (AvgIpc) is 2.25. The van der Waals surface area contributed by atoms with E-state index in [-0.39, 0.29) is 16.9 Å². The zero-order chi connectivity index (χ0) is 14.8. The maximum absolute atomic E-state index is 13.0. The molecule has 0 unspecified atom stereocenters. The first-order valence-electron chi connectivity index (χ1n) is 4.81. The predicted molar refractivity (Wildman–Crippen MR) is 75.5 cm³/mol. The number of halogens is 6. The highest BCUT2D eigenvalue weighted by atomic mass is 79.9. The van der Waals surface area contributed by atoms with Crippen LogP contribution >= 0.6 is 39.9 Å². The molecule has 0 bridgehead atoms. The number of rotatable bonds is 5. The Morgan fingerprint density at radius 3 is 2.40 bits per heavy atom. The van der Waals surface area contributed by atoms with E-state index < -0.39 is 44.8 Å². The van der Waals surface area contributed by atoms with Crippen LogP contribution in [0.1, 0.15) is 0 Å². The highest BCUT2D eigenvalue weighted by Gasteiger charge is 2.31. The third-order valence-corrected chi connectivity index (χ3v) is 4.85. The smallest absolute Gasteiger partial charge is 0.273 e. The summed E-state index contributed by atoms with van der Waals surface area (Å²) in [6.45, 7) is -2.18. The molecular weight excluding hydrogens is 408 g/mol. The van der Waals surface area contributed by atoms with Gasteiger partial charge in [-0.15, -0.1) is 12.4 Å². The van der Waals surface area contributed by atoms with Crippen LogP contribution in [0.3, 0.4) is 0 Å². The van der Waals surface area contributed by atoms with E-state index in [2.05, 4.69) is 15.9 Å². The van der Waals surface area contributed by atoms with Crippen molar-refractivity contribution >= 4 is 50.0 Å². The molecule has 1 aromatic rings. The Labute approximate surface area is 133 Å². The number of nitrogens with one attached hydrogen (secondary N) is 1. The minimum atomic E-state index is -4.31. The number of hydrogen-bond acceptors (Lipinski definition) is 3. The molecule has 0 aliphatic heterocycles. The first kappa shape index (κ1) is 19.9. The van der Waals surface area contributed by atoms with Gasteiger partial charge in [-0.2, -0.15) is 0 Å². The van der Waals surface area contributed by atoms with Crippen LogP contribution < -0.4 is 10.5 Å². The second-order valence-electron chi connectivity index (χ2n) is 3.58. The maximum Gasteiger partial charge on any atom is 0.273 e. The van der Waals surface area contributed by atoms with E-state index in [1.54, 1.807) is 4.72 Å².